The summed E-state index contributed by atoms with van der Waals surface area (Å²) < 4.78 is 16.7. The number of benzene rings is 1. The van der Waals surface area contributed by atoms with E-state index >= 15 is 0 Å². The SMILES string of the molecule is CCOC(=O)C1CCN(C(=O)[C@H]2COC3(CCN(C(=O)CC)CC3)N2C(=O)c2cccc(OC)c2)CC1. The van der Waals surface area contributed by atoms with Crippen LogP contribution >= 0.6 is 0 Å². The normalized spacial score (nSPS) is 21.7. The Balaban J connectivity index is 1.56. The highest BCUT2D eigenvalue weighted by Crippen LogP contribution is 2.39. The van der Waals surface area contributed by atoms with Crippen molar-refractivity contribution < 1.29 is 33.4 Å². The molecule has 10 nitrogen and oxygen atoms in total. The Bertz CT molecular complexity index is 1010. The Morgan fingerprint density at radius 1 is 1.03 bits per heavy atom. The van der Waals surface area contributed by atoms with Crippen molar-refractivity contribution in [1.29, 1.82) is 0 Å². The van der Waals surface area contributed by atoms with Crippen LogP contribution in [0.4, 0.5) is 0 Å². The van der Waals surface area contributed by atoms with Gasteiger partial charge in [0.2, 0.25) is 11.8 Å². The third-order valence-corrected chi connectivity index (χ3v) is 7.71. The van der Waals surface area contributed by atoms with Crippen LogP contribution in [0.3, 0.4) is 0 Å². The monoisotopic (exact) mass is 515 g/mol. The Morgan fingerprint density at radius 2 is 1.73 bits per heavy atom. The molecule has 0 unspecified atom stereocenters. The molecule has 4 rings (SSSR count). The summed E-state index contributed by atoms with van der Waals surface area (Å²) in [7, 11) is 1.54. The molecule has 3 aliphatic heterocycles. The van der Waals surface area contributed by atoms with E-state index in [2.05, 4.69) is 0 Å². The lowest BCUT2D eigenvalue weighted by Crippen LogP contribution is -2.60. The van der Waals surface area contributed by atoms with Crippen molar-refractivity contribution in [1.82, 2.24) is 14.7 Å². The second kappa shape index (κ2) is 11.5. The van der Waals surface area contributed by atoms with E-state index in [1.165, 1.54) is 7.11 Å². The van der Waals surface area contributed by atoms with E-state index in [0.29, 0.717) is 76.2 Å². The summed E-state index contributed by atoms with van der Waals surface area (Å²) in [6, 6.07) is 6.09. The Morgan fingerprint density at radius 3 is 2.35 bits per heavy atom. The van der Waals surface area contributed by atoms with Gasteiger partial charge < -0.3 is 24.0 Å². The van der Waals surface area contributed by atoms with Crippen molar-refractivity contribution in [3.8, 4) is 5.75 Å². The van der Waals surface area contributed by atoms with Crippen LogP contribution < -0.4 is 4.74 Å². The first-order valence-corrected chi connectivity index (χ1v) is 13.2. The zero-order valence-electron chi connectivity index (χ0n) is 21.9. The van der Waals surface area contributed by atoms with Crippen molar-refractivity contribution in [3.05, 3.63) is 29.8 Å². The molecule has 37 heavy (non-hydrogen) atoms. The summed E-state index contributed by atoms with van der Waals surface area (Å²) in [6.45, 7) is 5.80. The largest absolute Gasteiger partial charge is 0.497 e. The van der Waals surface area contributed by atoms with Crippen LogP contribution in [0.5, 0.6) is 5.75 Å². The molecule has 3 amide bonds. The standard InChI is InChI=1S/C27H37N3O7/c1-4-23(31)28-15-11-27(12-16-28)30(24(32)20-7-6-8-21(17-20)35-3)22(18-37-27)25(33)29-13-9-19(10-14-29)26(34)36-5-2/h6-8,17,19,22H,4-5,9-16,18H2,1-3H3/t22-/m1/s1. The van der Waals surface area contributed by atoms with E-state index in [1.807, 2.05) is 6.92 Å². The number of amides is 3. The molecule has 3 heterocycles. The maximum absolute atomic E-state index is 13.9. The van der Waals surface area contributed by atoms with E-state index < -0.39 is 11.8 Å². The van der Waals surface area contributed by atoms with Gasteiger partial charge in [-0.05, 0) is 38.0 Å². The molecule has 10 heteroatoms. The lowest BCUT2D eigenvalue weighted by Gasteiger charge is -2.45. The first-order valence-electron chi connectivity index (χ1n) is 13.2. The van der Waals surface area contributed by atoms with Crippen molar-refractivity contribution in [2.75, 3.05) is 46.5 Å². The predicted molar refractivity (Wildman–Crippen MR) is 134 cm³/mol. The molecule has 0 radical (unpaired) electrons. The smallest absolute Gasteiger partial charge is 0.309 e. The molecule has 3 fully saturated rings. The highest BCUT2D eigenvalue weighted by Gasteiger charge is 2.55. The van der Waals surface area contributed by atoms with Crippen LogP contribution in [0.25, 0.3) is 0 Å². The third-order valence-electron chi connectivity index (χ3n) is 7.71. The van der Waals surface area contributed by atoms with Crippen LogP contribution in [0.15, 0.2) is 24.3 Å². The van der Waals surface area contributed by atoms with Gasteiger partial charge in [0.05, 0.1) is 26.2 Å². The molecule has 0 saturated carbocycles. The summed E-state index contributed by atoms with van der Waals surface area (Å²) in [5, 5.41) is 0. The van der Waals surface area contributed by atoms with Crippen molar-refractivity contribution in [2.24, 2.45) is 5.92 Å². The lowest BCUT2D eigenvalue weighted by atomic mass is 9.95. The number of methoxy groups -OCH3 is 1. The zero-order valence-corrected chi connectivity index (χ0v) is 21.9. The van der Waals surface area contributed by atoms with E-state index in [4.69, 9.17) is 14.2 Å². The van der Waals surface area contributed by atoms with Crippen molar-refractivity contribution in [2.45, 2.75) is 57.7 Å². The van der Waals surface area contributed by atoms with Crippen molar-refractivity contribution >= 4 is 23.7 Å². The maximum Gasteiger partial charge on any atom is 0.309 e. The molecule has 1 atom stereocenters. The fraction of sp³-hybridized carbons (Fsp3) is 0.630. The minimum absolute atomic E-state index is 0.0654. The van der Waals surface area contributed by atoms with Crippen LogP contribution in [-0.2, 0) is 23.9 Å². The minimum Gasteiger partial charge on any atom is -0.497 e. The van der Waals surface area contributed by atoms with Gasteiger partial charge in [0.15, 0.2) is 0 Å². The van der Waals surface area contributed by atoms with Gasteiger partial charge >= 0.3 is 5.97 Å². The number of piperidine rings is 2. The van der Waals surface area contributed by atoms with Crippen molar-refractivity contribution in [3.63, 3.8) is 0 Å². The number of likely N-dealkylation sites (tertiary alicyclic amines) is 2. The number of carbonyl (C=O) groups is 4. The summed E-state index contributed by atoms with van der Waals surface area (Å²) in [4.78, 5) is 57.2. The number of hydrogen-bond acceptors (Lipinski definition) is 7. The fourth-order valence-electron chi connectivity index (χ4n) is 5.59. The number of nitrogens with zero attached hydrogens (tertiary/aromatic N) is 3. The quantitative estimate of drug-likeness (QED) is 0.534. The summed E-state index contributed by atoms with van der Waals surface area (Å²) in [5.74, 6) is -0.303. The van der Waals surface area contributed by atoms with Gasteiger partial charge in [0.1, 0.15) is 17.5 Å². The molecular formula is C27H37N3O7. The zero-order chi connectivity index (χ0) is 26.6. The van der Waals surface area contributed by atoms with Gasteiger partial charge in [-0.1, -0.05) is 13.0 Å². The predicted octanol–water partition coefficient (Wildman–Crippen LogP) is 2.07. The highest BCUT2D eigenvalue weighted by atomic mass is 16.5. The van der Waals surface area contributed by atoms with E-state index in [-0.39, 0.29) is 36.2 Å². The number of hydrogen-bond donors (Lipinski definition) is 0. The molecule has 1 spiro atoms. The second-order valence-corrected chi connectivity index (χ2v) is 9.77. The molecule has 0 N–H and O–H groups in total. The highest BCUT2D eigenvalue weighted by molar-refractivity contribution is 5.99. The van der Waals surface area contributed by atoms with Crippen LogP contribution in [0.2, 0.25) is 0 Å². The van der Waals surface area contributed by atoms with Gasteiger partial charge in [-0.15, -0.1) is 0 Å². The molecule has 1 aromatic carbocycles. The summed E-state index contributed by atoms with van der Waals surface area (Å²) in [6.07, 6.45) is 2.35. The molecule has 3 saturated heterocycles. The summed E-state index contributed by atoms with van der Waals surface area (Å²) >= 11 is 0. The van der Waals surface area contributed by atoms with Crippen LogP contribution in [0, 0.1) is 5.92 Å². The fourth-order valence-corrected chi connectivity index (χ4v) is 5.59. The molecular weight excluding hydrogens is 478 g/mol. The summed E-state index contributed by atoms with van der Waals surface area (Å²) in [5.41, 5.74) is -0.552. The minimum atomic E-state index is -0.964. The Hall–Kier alpha value is -3.14. The Kier molecular flexibility index (Phi) is 8.36. The molecule has 202 valence electrons. The van der Waals surface area contributed by atoms with Gasteiger partial charge in [-0.25, -0.2) is 0 Å². The number of carbonyl (C=O) groups excluding carboxylic acids is 4. The second-order valence-electron chi connectivity index (χ2n) is 9.77. The molecule has 0 aliphatic carbocycles. The average Bonchev–Trinajstić information content (AvgIpc) is 3.30. The number of esters is 1. The van der Waals surface area contributed by atoms with Crippen LogP contribution in [0.1, 0.15) is 56.3 Å². The Labute approximate surface area is 217 Å². The first-order chi connectivity index (χ1) is 17.8. The molecule has 0 bridgehead atoms. The maximum atomic E-state index is 13.9. The molecule has 1 aromatic rings. The average molecular weight is 516 g/mol. The number of ether oxygens (including phenoxy) is 3. The topological polar surface area (TPSA) is 106 Å². The van der Waals surface area contributed by atoms with Gasteiger partial charge in [-0.2, -0.15) is 0 Å². The third kappa shape index (κ3) is 5.44. The van der Waals surface area contributed by atoms with E-state index in [0.717, 1.165) is 0 Å². The van der Waals surface area contributed by atoms with E-state index in [1.54, 1.807) is 45.9 Å². The van der Waals surface area contributed by atoms with Gasteiger partial charge in [-0.3, -0.25) is 24.1 Å². The first kappa shape index (κ1) is 26.9. The number of rotatable bonds is 6. The lowest BCUT2D eigenvalue weighted by molar-refractivity contribution is -0.152. The van der Waals surface area contributed by atoms with Gasteiger partial charge in [0, 0.05) is 51.0 Å². The van der Waals surface area contributed by atoms with Crippen LogP contribution in [-0.4, -0.2) is 96.7 Å². The molecule has 3 aliphatic rings. The molecule has 0 aromatic heterocycles. The van der Waals surface area contributed by atoms with E-state index in [9.17, 15) is 19.2 Å². The van der Waals surface area contributed by atoms with Gasteiger partial charge in [0.25, 0.3) is 5.91 Å².